The van der Waals surface area contributed by atoms with Gasteiger partial charge in [-0.1, -0.05) is 6.07 Å². The molecule has 1 aromatic heterocycles. The summed E-state index contributed by atoms with van der Waals surface area (Å²) in [4.78, 5) is 12.0. The summed E-state index contributed by atoms with van der Waals surface area (Å²) in [7, 11) is 0. The van der Waals surface area contributed by atoms with Crippen molar-refractivity contribution in [3.63, 3.8) is 0 Å². The number of amides is 1. The van der Waals surface area contributed by atoms with Crippen molar-refractivity contribution in [2.45, 2.75) is 45.8 Å². The van der Waals surface area contributed by atoms with Crippen LogP contribution in [0.3, 0.4) is 0 Å². The lowest BCUT2D eigenvalue weighted by Gasteiger charge is -2.25. The van der Waals surface area contributed by atoms with Gasteiger partial charge in [0.2, 0.25) is 0 Å². The van der Waals surface area contributed by atoms with Gasteiger partial charge in [0, 0.05) is 11.1 Å². The Balaban J connectivity index is 2.34. The predicted octanol–water partition coefficient (Wildman–Crippen LogP) is 4.48. The van der Waals surface area contributed by atoms with Crippen LogP contribution in [0.2, 0.25) is 0 Å². The number of benzene rings is 1. The molecule has 2 aromatic rings. The molecule has 1 amide bonds. The second kappa shape index (κ2) is 6.43. The fraction of sp³-hybridized carbons (Fsp3) is 0.529. The average Bonchev–Trinajstić information content (AvgIpc) is 2.82. The zero-order chi connectivity index (χ0) is 17.3. The van der Waals surface area contributed by atoms with Gasteiger partial charge >= 0.3 is 6.09 Å². The van der Waals surface area contributed by atoms with Crippen LogP contribution < -0.4 is 5.32 Å². The van der Waals surface area contributed by atoms with E-state index in [0.717, 1.165) is 16.7 Å². The topological polar surface area (TPSA) is 56.2 Å². The second-order valence-electron chi connectivity index (χ2n) is 7.17. The van der Waals surface area contributed by atoms with E-state index in [-0.39, 0.29) is 5.54 Å². The third-order valence-electron chi connectivity index (χ3n) is 3.32. The van der Waals surface area contributed by atoms with Crippen molar-refractivity contribution in [1.82, 2.24) is 9.78 Å². The first-order chi connectivity index (χ1) is 10.6. The number of nitrogens with zero attached hydrogens (tertiary/aromatic N) is 2. The fourth-order valence-electron chi connectivity index (χ4n) is 2.47. The van der Waals surface area contributed by atoms with E-state index < -0.39 is 11.7 Å². The Labute approximate surface area is 141 Å². The number of ether oxygens (including phenoxy) is 1. The van der Waals surface area contributed by atoms with Crippen LogP contribution in [0, 0.1) is 0 Å². The maximum atomic E-state index is 12.0. The highest BCUT2D eigenvalue weighted by molar-refractivity contribution is 7.98. The summed E-state index contributed by atoms with van der Waals surface area (Å²) < 4.78 is 7.34. The van der Waals surface area contributed by atoms with Crippen LogP contribution in [0.5, 0.6) is 0 Å². The Kier molecular flexibility index (Phi) is 4.94. The van der Waals surface area contributed by atoms with Crippen molar-refractivity contribution >= 4 is 34.4 Å². The predicted molar refractivity (Wildman–Crippen MR) is 97.3 cm³/mol. The van der Waals surface area contributed by atoms with Crippen molar-refractivity contribution in [3.05, 3.63) is 24.4 Å². The van der Waals surface area contributed by atoms with Crippen LogP contribution >= 0.6 is 11.8 Å². The number of carbonyl (C=O) groups excluding carboxylic acids is 1. The van der Waals surface area contributed by atoms with E-state index in [1.54, 1.807) is 18.0 Å². The fourth-order valence-corrected chi connectivity index (χ4v) is 3.30. The highest BCUT2D eigenvalue weighted by Crippen LogP contribution is 2.29. The van der Waals surface area contributed by atoms with Crippen LogP contribution in [0.15, 0.2) is 24.4 Å². The summed E-state index contributed by atoms with van der Waals surface area (Å²) in [5.41, 5.74) is 1.08. The normalized spacial score (nSPS) is 12.4. The minimum Gasteiger partial charge on any atom is -0.444 e. The van der Waals surface area contributed by atoms with E-state index in [1.165, 1.54) is 0 Å². The summed E-state index contributed by atoms with van der Waals surface area (Å²) in [5, 5.41) is 8.27. The number of carbonyl (C=O) groups is 1. The molecule has 0 aliphatic rings. The molecular formula is C17H25N3O2S. The largest absolute Gasteiger partial charge is 0.444 e. The first-order valence-electron chi connectivity index (χ1n) is 7.60. The third-order valence-corrected chi connectivity index (χ3v) is 4.32. The molecule has 126 valence electrons. The molecule has 0 aliphatic heterocycles. The number of hydrogen-bond acceptors (Lipinski definition) is 4. The van der Waals surface area contributed by atoms with Gasteiger partial charge in [-0.05, 0) is 53.0 Å². The first kappa shape index (κ1) is 17.7. The summed E-state index contributed by atoms with van der Waals surface area (Å²) in [6.07, 6.45) is 3.42. The van der Waals surface area contributed by atoms with Gasteiger partial charge in [-0.15, -0.1) is 0 Å². The molecule has 0 bridgehead atoms. The van der Waals surface area contributed by atoms with Crippen LogP contribution in [0.4, 0.5) is 10.5 Å². The maximum absolute atomic E-state index is 12.0. The lowest BCUT2D eigenvalue weighted by molar-refractivity contribution is 0.0636. The van der Waals surface area contributed by atoms with Gasteiger partial charge in [-0.2, -0.15) is 16.9 Å². The highest BCUT2D eigenvalue weighted by atomic mass is 32.2. The number of thioether (sulfide) groups is 1. The maximum Gasteiger partial charge on any atom is 0.412 e. The van der Waals surface area contributed by atoms with E-state index in [2.05, 4.69) is 30.5 Å². The van der Waals surface area contributed by atoms with Crippen LogP contribution in [0.1, 0.15) is 34.6 Å². The van der Waals surface area contributed by atoms with Gasteiger partial charge in [0.25, 0.3) is 0 Å². The molecule has 0 saturated heterocycles. The standard InChI is InChI=1S/C17H25N3O2S/c1-16(2,3)22-15(21)19-13-8-7-9-14-12(13)10-18-20(14)17(4,5)11-23-6/h7-10H,11H2,1-6H3,(H,19,21). The van der Waals surface area contributed by atoms with Crippen molar-refractivity contribution < 1.29 is 9.53 Å². The number of fused-ring (bicyclic) bond motifs is 1. The molecule has 0 fully saturated rings. The summed E-state index contributed by atoms with van der Waals surface area (Å²) in [6, 6.07) is 5.80. The summed E-state index contributed by atoms with van der Waals surface area (Å²) >= 11 is 1.79. The zero-order valence-electron chi connectivity index (χ0n) is 14.6. The molecule has 0 spiro atoms. The molecule has 0 saturated carbocycles. The van der Waals surface area contributed by atoms with Crippen molar-refractivity contribution in [1.29, 1.82) is 0 Å². The lowest BCUT2D eigenvalue weighted by Crippen LogP contribution is -2.30. The molecule has 0 atom stereocenters. The van der Waals surface area contributed by atoms with Crippen molar-refractivity contribution in [3.8, 4) is 0 Å². The number of anilines is 1. The molecule has 0 unspecified atom stereocenters. The Morgan fingerprint density at radius 1 is 1.30 bits per heavy atom. The molecule has 1 aromatic carbocycles. The van der Waals surface area contributed by atoms with Gasteiger partial charge in [-0.25, -0.2) is 4.79 Å². The summed E-state index contributed by atoms with van der Waals surface area (Å²) in [5.74, 6) is 0.952. The van der Waals surface area contributed by atoms with E-state index in [9.17, 15) is 4.79 Å². The van der Waals surface area contributed by atoms with Gasteiger partial charge in [0.15, 0.2) is 0 Å². The highest BCUT2D eigenvalue weighted by Gasteiger charge is 2.24. The number of rotatable bonds is 4. The number of aromatic nitrogens is 2. The Hall–Kier alpha value is -1.69. The quantitative estimate of drug-likeness (QED) is 0.895. The number of nitrogens with one attached hydrogen (secondary N) is 1. The Morgan fingerprint density at radius 2 is 2.00 bits per heavy atom. The first-order valence-corrected chi connectivity index (χ1v) is 8.99. The molecule has 0 aliphatic carbocycles. The molecule has 23 heavy (non-hydrogen) atoms. The molecule has 2 rings (SSSR count). The van der Waals surface area contributed by atoms with Crippen LogP contribution in [0.25, 0.3) is 10.9 Å². The van der Waals surface area contributed by atoms with E-state index in [1.807, 2.05) is 43.7 Å². The Bertz CT molecular complexity index is 701. The summed E-state index contributed by atoms with van der Waals surface area (Å²) in [6.45, 7) is 9.84. The van der Waals surface area contributed by atoms with E-state index >= 15 is 0 Å². The average molecular weight is 335 g/mol. The van der Waals surface area contributed by atoms with Crippen molar-refractivity contribution in [2.75, 3.05) is 17.3 Å². The molecule has 6 heteroatoms. The molecular weight excluding hydrogens is 310 g/mol. The molecule has 1 N–H and O–H groups in total. The Morgan fingerprint density at radius 3 is 2.61 bits per heavy atom. The second-order valence-corrected chi connectivity index (χ2v) is 8.03. The SMILES string of the molecule is CSCC(C)(C)n1ncc2c(NC(=O)OC(C)(C)C)cccc21. The van der Waals surface area contributed by atoms with E-state index in [4.69, 9.17) is 4.74 Å². The van der Waals surface area contributed by atoms with Crippen LogP contribution in [-0.4, -0.2) is 33.5 Å². The smallest absolute Gasteiger partial charge is 0.412 e. The van der Waals surface area contributed by atoms with Gasteiger partial charge in [0.1, 0.15) is 5.60 Å². The lowest BCUT2D eigenvalue weighted by atomic mass is 10.1. The minimum atomic E-state index is -0.525. The molecule has 0 radical (unpaired) electrons. The zero-order valence-corrected chi connectivity index (χ0v) is 15.5. The molecule has 5 nitrogen and oxygen atoms in total. The third kappa shape index (κ3) is 4.19. The van der Waals surface area contributed by atoms with Gasteiger partial charge < -0.3 is 4.74 Å². The molecule has 1 heterocycles. The number of hydrogen-bond donors (Lipinski definition) is 1. The van der Waals surface area contributed by atoms with Crippen LogP contribution in [-0.2, 0) is 10.3 Å². The van der Waals surface area contributed by atoms with Gasteiger partial charge in [0.05, 0.1) is 22.9 Å². The monoisotopic (exact) mass is 335 g/mol. The van der Waals surface area contributed by atoms with Crippen molar-refractivity contribution in [2.24, 2.45) is 0 Å². The minimum absolute atomic E-state index is 0.105. The van der Waals surface area contributed by atoms with Gasteiger partial charge in [-0.3, -0.25) is 10.00 Å². The van der Waals surface area contributed by atoms with E-state index in [0.29, 0.717) is 5.69 Å².